The standard InChI is InChI=1S/C21H24N4O3S/c1-16-18(15-25(24-16)19-7-3-2-4-8-19)6-5-13-23-21(26)14-17-9-11-20(12-10-17)29(22,27)28/h2-4,7-12,15H,5-6,13-14H2,1H3,(H,23,26)(H2,22,27,28). The molecule has 0 aliphatic carbocycles. The van der Waals surface area contributed by atoms with E-state index in [1.807, 2.05) is 48.1 Å². The molecular weight excluding hydrogens is 388 g/mol. The lowest BCUT2D eigenvalue weighted by Crippen LogP contribution is -2.26. The second-order valence-electron chi connectivity index (χ2n) is 6.84. The molecule has 2 aromatic carbocycles. The first-order valence-electron chi connectivity index (χ1n) is 9.32. The van der Waals surface area contributed by atoms with E-state index in [1.165, 1.54) is 12.1 Å². The van der Waals surface area contributed by atoms with E-state index in [0.717, 1.165) is 35.3 Å². The Kier molecular flexibility index (Phi) is 6.46. The van der Waals surface area contributed by atoms with Crippen LogP contribution in [0.5, 0.6) is 0 Å². The van der Waals surface area contributed by atoms with Crippen LogP contribution in [-0.2, 0) is 27.7 Å². The third-order valence-corrected chi connectivity index (χ3v) is 5.51. The van der Waals surface area contributed by atoms with Crippen LogP contribution < -0.4 is 10.5 Å². The largest absolute Gasteiger partial charge is 0.356 e. The molecule has 29 heavy (non-hydrogen) atoms. The Morgan fingerprint density at radius 3 is 2.45 bits per heavy atom. The van der Waals surface area contributed by atoms with Gasteiger partial charge in [-0.05, 0) is 55.2 Å². The van der Waals surface area contributed by atoms with Crippen molar-refractivity contribution in [2.24, 2.45) is 5.14 Å². The Bertz CT molecular complexity index is 1070. The molecule has 0 aliphatic heterocycles. The van der Waals surface area contributed by atoms with Crippen LogP contribution in [0.4, 0.5) is 0 Å². The molecule has 3 N–H and O–H groups in total. The van der Waals surface area contributed by atoms with Gasteiger partial charge in [0.05, 0.1) is 22.7 Å². The van der Waals surface area contributed by atoms with Gasteiger partial charge in [0.1, 0.15) is 0 Å². The number of carbonyl (C=O) groups excluding carboxylic acids is 1. The van der Waals surface area contributed by atoms with Crippen LogP contribution in [0.1, 0.15) is 23.2 Å². The van der Waals surface area contributed by atoms with Crippen LogP contribution in [0.25, 0.3) is 5.69 Å². The minimum atomic E-state index is -3.72. The Labute approximate surface area is 170 Å². The maximum absolute atomic E-state index is 12.1. The molecule has 3 rings (SSSR count). The highest BCUT2D eigenvalue weighted by atomic mass is 32.2. The lowest BCUT2D eigenvalue weighted by Gasteiger charge is -2.06. The van der Waals surface area contributed by atoms with Crippen LogP contribution in [-0.4, -0.2) is 30.7 Å². The van der Waals surface area contributed by atoms with Gasteiger partial charge in [0.2, 0.25) is 15.9 Å². The number of nitrogens with two attached hydrogens (primary N) is 1. The first kappa shape index (κ1) is 20.8. The summed E-state index contributed by atoms with van der Waals surface area (Å²) in [5.41, 5.74) is 3.88. The van der Waals surface area contributed by atoms with E-state index in [2.05, 4.69) is 10.4 Å². The fourth-order valence-corrected chi connectivity index (χ4v) is 3.52. The van der Waals surface area contributed by atoms with Crippen LogP contribution in [0.2, 0.25) is 0 Å². The number of hydrogen-bond donors (Lipinski definition) is 2. The molecular formula is C21H24N4O3S. The molecule has 1 amide bonds. The van der Waals surface area contributed by atoms with Crippen molar-refractivity contribution in [1.29, 1.82) is 0 Å². The molecule has 1 aromatic heterocycles. The smallest absolute Gasteiger partial charge is 0.238 e. The van der Waals surface area contributed by atoms with Crippen LogP contribution in [0, 0.1) is 6.92 Å². The SMILES string of the molecule is Cc1nn(-c2ccccc2)cc1CCCNC(=O)Cc1ccc(S(N)(=O)=O)cc1. The maximum Gasteiger partial charge on any atom is 0.238 e. The van der Waals surface area contributed by atoms with E-state index < -0.39 is 10.0 Å². The summed E-state index contributed by atoms with van der Waals surface area (Å²) in [6.45, 7) is 2.54. The molecule has 0 radical (unpaired) electrons. The highest BCUT2D eigenvalue weighted by Gasteiger charge is 2.09. The quantitative estimate of drug-likeness (QED) is 0.553. The third kappa shape index (κ3) is 5.75. The van der Waals surface area contributed by atoms with Crippen molar-refractivity contribution in [3.63, 3.8) is 0 Å². The average Bonchev–Trinajstić information content (AvgIpc) is 3.06. The van der Waals surface area contributed by atoms with Crippen molar-refractivity contribution in [2.75, 3.05) is 6.54 Å². The fraction of sp³-hybridized carbons (Fsp3) is 0.238. The molecule has 0 spiro atoms. The predicted molar refractivity (Wildman–Crippen MR) is 111 cm³/mol. The highest BCUT2D eigenvalue weighted by molar-refractivity contribution is 7.89. The van der Waals surface area contributed by atoms with Crippen LogP contribution in [0.15, 0.2) is 65.7 Å². The van der Waals surface area contributed by atoms with Gasteiger partial charge in [-0.2, -0.15) is 5.10 Å². The fourth-order valence-electron chi connectivity index (χ4n) is 3.01. The summed E-state index contributed by atoms with van der Waals surface area (Å²) in [6.07, 6.45) is 3.84. The van der Waals surface area contributed by atoms with E-state index in [9.17, 15) is 13.2 Å². The molecule has 0 aliphatic rings. The zero-order valence-electron chi connectivity index (χ0n) is 16.2. The summed E-state index contributed by atoms with van der Waals surface area (Å²) >= 11 is 0. The first-order valence-corrected chi connectivity index (χ1v) is 10.9. The molecule has 152 valence electrons. The Morgan fingerprint density at radius 1 is 1.10 bits per heavy atom. The van der Waals surface area contributed by atoms with Crippen molar-refractivity contribution in [2.45, 2.75) is 31.1 Å². The Balaban J connectivity index is 1.46. The summed E-state index contributed by atoms with van der Waals surface area (Å²) in [7, 11) is -3.72. The number of amides is 1. The minimum Gasteiger partial charge on any atom is -0.356 e. The second kappa shape index (κ2) is 9.02. The van der Waals surface area contributed by atoms with Crippen molar-refractivity contribution in [3.8, 4) is 5.69 Å². The Hall–Kier alpha value is -2.97. The summed E-state index contributed by atoms with van der Waals surface area (Å²) in [6, 6.07) is 15.9. The molecule has 0 saturated heterocycles. The van der Waals surface area contributed by atoms with Gasteiger partial charge >= 0.3 is 0 Å². The molecule has 0 unspecified atom stereocenters. The van der Waals surface area contributed by atoms with Gasteiger partial charge in [0.25, 0.3) is 0 Å². The zero-order chi connectivity index (χ0) is 20.9. The van der Waals surface area contributed by atoms with E-state index >= 15 is 0 Å². The van der Waals surface area contributed by atoms with Gasteiger partial charge < -0.3 is 5.32 Å². The van der Waals surface area contributed by atoms with Gasteiger partial charge in [-0.1, -0.05) is 30.3 Å². The Morgan fingerprint density at radius 2 is 1.79 bits per heavy atom. The van der Waals surface area contributed by atoms with Gasteiger partial charge in [-0.15, -0.1) is 0 Å². The summed E-state index contributed by atoms with van der Waals surface area (Å²) in [4.78, 5) is 12.1. The van der Waals surface area contributed by atoms with Crippen molar-refractivity contribution in [1.82, 2.24) is 15.1 Å². The molecule has 3 aromatic rings. The molecule has 8 heteroatoms. The van der Waals surface area contributed by atoms with Gasteiger partial charge in [0.15, 0.2) is 0 Å². The highest BCUT2D eigenvalue weighted by Crippen LogP contribution is 2.13. The molecule has 0 saturated carbocycles. The molecule has 7 nitrogen and oxygen atoms in total. The number of nitrogens with one attached hydrogen (secondary N) is 1. The molecule has 0 bridgehead atoms. The molecule has 0 atom stereocenters. The minimum absolute atomic E-state index is 0.0353. The second-order valence-corrected chi connectivity index (χ2v) is 8.40. The summed E-state index contributed by atoms with van der Waals surface area (Å²) in [5.74, 6) is -0.106. The number of rotatable bonds is 8. The predicted octanol–water partition coefficient (Wildman–Crippen LogP) is 2.12. The van der Waals surface area contributed by atoms with Gasteiger partial charge in [0, 0.05) is 12.7 Å². The number of aromatic nitrogens is 2. The lowest BCUT2D eigenvalue weighted by atomic mass is 10.1. The maximum atomic E-state index is 12.1. The van der Waals surface area contributed by atoms with E-state index in [4.69, 9.17) is 5.14 Å². The topological polar surface area (TPSA) is 107 Å². The van der Waals surface area contributed by atoms with E-state index in [0.29, 0.717) is 6.54 Å². The normalized spacial score (nSPS) is 11.4. The average molecular weight is 413 g/mol. The van der Waals surface area contributed by atoms with Crippen molar-refractivity contribution < 1.29 is 13.2 Å². The summed E-state index contributed by atoms with van der Waals surface area (Å²) < 4.78 is 24.4. The zero-order valence-corrected chi connectivity index (χ0v) is 17.0. The van der Waals surface area contributed by atoms with Crippen molar-refractivity contribution in [3.05, 3.63) is 77.6 Å². The summed E-state index contributed by atoms with van der Waals surface area (Å²) in [5, 5.41) is 12.5. The van der Waals surface area contributed by atoms with E-state index in [-0.39, 0.29) is 17.2 Å². The monoisotopic (exact) mass is 412 g/mol. The number of sulfonamides is 1. The number of primary sulfonamides is 1. The number of para-hydroxylation sites is 1. The molecule has 0 fully saturated rings. The molecule has 1 heterocycles. The van der Waals surface area contributed by atoms with Crippen LogP contribution in [0.3, 0.4) is 0 Å². The lowest BCUT2D eigenvalue weighted by molar-refractivity contribution is -0.120. The number of aryl methyl sites for hydroxylation is 2. The third-order valence-electron chi connectivity index (χ3n) is 4.58. The van der Waals surface area contributed by atoms with Crippen molar-refractivity contribution >= 4 is 15.9 Å². The van der Waals surface area contributed by atoms with E-state index in [1.54, 1.807) is 12.1 Å². The van der Waals surface area contributed by atoms with Gasteiger partial charge in [-0.25, -0.2) is 18.2 Å². The number of benzene rings is 2. The number of nitrogens with zero attached hydrogens (tertiary/aromatic N) is 2. The number of hydrogen-bond acceptors (Lipinski definition) is 4. The first-order chi connectivity index (χ1) is 13.8. The van der Waals surface area contributed by atoms with Gasteiger partial charge in [-0.3, -0.25) is 4.79 Å². The number of carbonyl (C=O) groups is 1. The van der Waals surface area contributed by atoms with Crippen LogP contribution >= 0.6 is 0 Å².